The largest absolute Gasteiger partial charge is 0.507 e. The molecule has 0 aliphatic carbocycles. The van der Waals surface area contributed by atoms with E-state index in [4.69, 9.17) is 15.2 Å². The number of aromatic nitrogens is 3. The Bertz CT molecular complexity index is 1190. The lowest BCUT2D eigenvalue weighted by atomic mass is 9.88. The fourth-order valence-corrected chi connectivity index (χ4v) is 3.64. The van der Waals surface area contributed by atoms with Gasteiger partial charge in [0.2, 0.25) is 0 Å². The van der Waals surface area contributed by atoms with E-state index in [1.807, 2.05) is 0 Å². The van der Waals surface area contributed by atoms with E-state index in [1.54, 1.807) is 48.3 Å². The molecule has 3 rings (SSSR count). The molecule has 0 unspecified atom stereocenters. The monoisotopic (exact) mass is 454 g/mol. The number of esters is 1. The Labute approximate surface area is 190 Å². The Morgan fingerprint density at radius 1 is 1.30 bits per heavy atom. The molecule has 0 fully saturated rings. The lowest BCUT2D eigenvalue weighted by Crippen LogP contribution is -2.29. The van der Waals surface area contributed by atoms with Crippen LogP contribution in [0.1, 0.15) is 34.9 Å². The van der Waals surface area contributed by atoms with Gasteiger partial charge in [0, 0.05) is 36.5 Å². The van der Waals surface area contributed by atoms with Crippen molar-refractivity contribution in [2.24, 2.45) is 5.73 Å². The number of carbonyl (C=O) groups excluding carboxylic acids is 2. The zero-order valence-electron chi connectivity index (χ0n) is 18.4. The van der Waals surface area contributed by atoms with E-state index < -0.39 is 23.4 Å². The number of nitrogens with two attached hydrogens (primary N) is 1. The number of aromatic hydroxyl groups is 1. The first-order valence-electron chi connectivity index (χ1n) is 10.3. The molecule has 0 saturated carbocycles. The minimum absolute atomic E-state index is 0.0719. The maximum Gasteiger partial charge on any atom is 0.306 e. The number of methoxy groups -OCH3 is 1. The summed E-state index contributed by atoms with van der Waals surface area (Å²) in [5, 5.41) is 10.7. The molecule has 0 saturated heterocycles. The highest BCUT2D eigenvalue weighted by molar-refractivity contribution is 5.75. The van der Waals surface area contributed by atoms with Gasteiger partial charge in [-0.25, -0.2) is 4.98 Å². The fraction of sp³-hybridized carbons (Fsp3) is 0.304. The van der Waals surface area contributed by atoms with E-state index in [9.17, 15) is 19.5 Å². The van der Waals surface area contributed by atoms with Crippen molar-refractivity contribution in [3.63, 3.8) is 0 Å². The Balaban J connectivity index is 2.04. The van der Waals surface area contributed by atoms with E-state index in [1.165, 1.54) is 13.2 Å². The Hall–Kier alpha value is -4.08. The number of aryl methyl sites for hydroxylation is 2. The van der Waals surface area contributed by atoms with Gasteiger partial charge in [-0.2, -0.15) is 0 Å². The van der Waals surface area contributed by atoms with Crippen molar-refractivity contribution in [3.05, 3.63) is 75.7 Å². The van der Waals surface area contributed by atoms with Gasteiger partial charge < -0.3 is 29.9 Å². The minimum atomic E-state index is -0.805. The number of H-pyrrole nitrogens is 1. The van der Waals surface area contributed by atoms with Gasteiger partial charge in [-0.1, -0.05) is 12.1 Å². The van der Waals surface area contributed by atoms with Crippen molar-refractivity contribution < 1.29 is 24.2 Å². The summed E-state index contributed by atoms with van der Waals surface area (Å²) >= 11 is 0. The molecule has 1 amide bonds. The predicted molar refractivity (Wildman–Crippen MR) is 119 cm³/mol. The van der Waals surface area contributed by atoms with Crippen LogP contribution in [0.5, 0.6) is 11.5 Å². The number of imidazole rings is 1. The van der Waals surface area contributed by atoms with Gasteiger partial charge in [0.05, 0.1) is 25.4 Å². The number of amides is 1. The molecule has 1 atom stereocenters. The second-order valence-corrected chi connectivity index (χ2v) is 7.53. The number of pyridine rings is 1. The Kier molecular flexibility index (Phi) is 7.50. The van der Waals surface area contributed by atoms with Gasteiger partial charge in [0.1, 0.15) is 11.5 Å². The molecule has 3 aromatic rings. The maximum absolute atomic E-state index is 13.5. The average molecular weight is 454 g/mol. The summed E-state index contributed by atoms with van der Waals surface area (Å²) in [5.41, 5.74) is 6.78. The van der Waals surface area contributed by atoms with E-state index in [2.05, 4.69) is 9.97 Å². The summed E-state index contributed by atoms with van der Waals surface area (Å²) < 4.78 is 11.7. The predicted octanol–water partition coefficient (Wildman–Crippen LogP) is 1.39. The summed E-state index contributed by atoms with van der Waals surface area (Å²) in [6, 6.07) is 8.10. The van der Waals surface area contributed by atoms with Gasteiger partial charge >= 0.3 is 5.97 Å². The normalized spacial score (nSPS) is 11.7. The summed E-state index contributed by atoms with van der Waals surface area (Å²) in [7, 11) is 1.25. The second-order valence-electron chi connectivity index (χ2n) is 7.53. The van der Waals surface area contributed by atoms with Crippen molar-refractivity contribution in [3.8, 4) is 11.5 Å². The Morgan fingerprint density at radius 3 is 2.76 bits per heavy atom. The van der Waals surface area contributed by atoms with Crippen LogP contribution in [-0.4, -0.2) is 45.2 Å². The zero-order chi connectivity index (χ0) is 24.0. The standard InChI is InChI=1S/C23H26N4O6/c1-14-8-19(28)22(23(31)27(14)7-6-16-11-25-13-26-16)18(10-21(30)32-2)15-4-3-5-17(9-15)33-12-20(24)29/h3-5,8-9,11,13,18,28H,6-7,10,12H2,1-2H3,(H2,24,29)(H,25,26)/t18-/m0/s1. The number of primary amides is 1. The molecule has 0 aliphatic heterocycles. The lowest BCUT2D eigenvalue weighted by molar-refractivity contribution is -0.140. The smallest absolute Gasteiger partial charge is 0.306 e. The molecular formula is C23H26N4O6. The third-order valence-corrected chi connectivity index (χ3v) is 5.27. The molecule has 0 bridgehead atoms. The van der Waals surface area contributed by atoms with Gasteiger partial charge in [-0.15, -0.1) is 0 Å². The minimum Gasteiger partial charge on any atom is -0.507 e. The lowest BCUT2D eigenvalue weighted by Gasteiger charge is -2.21. The first-order valence-corrected chi connectivity index (χ1v) is 10.3. The van der Waals surface area contributed by atoms with E-state index in [0.29, 0.717) is 30.0 Å². The number of hydrogen-bond donors (Lipinski definition) is 3. The number of rotatable bonds is 10. The van der Waals surface area contributed by atoms with Crippen LogP contribution >= 0.6 is 0 Å². The highest BCUT2D eigenvalue weighted by Crippen LogP contribution is 2.34. The number of nitrogens with zero attached hydrogens (tertiary/aromatic N) is 2. The van der Waals surface area contributed by atoms with Crippen LogP contribution in [0, 0.1) is 6.92 Å². The molecule has 33 heavy (non-hydrogen) atoms. The number of ether oxygens (including phenoxy) is 2. The van der Waals surface area contributed by atoms with E-state index >= 15 is 0 Å². The number of hydrogen-bond acceptors (Lipinski definition) is 7. The third-order valence-electron chi connectivity index (χ3n) is 5.27. The molecule has 2 aromatic heterocycles. The van der Waals surface area contributed by atoms with Gasteiger partial charge in [0.25, 0.3) is 11.5 Å². The molecule has 2 heterocycles. The van der Waals surface area contributed by atoms with Crippen molar-refractivity contribution >= 4 is 11.9 Å². The SMILES string of the molecule is COC(=O)C[C@@H](c1cccc(OCC(N)=O)c1)c1c(O)cc(C)n(CCc2cnc[nH]2)c1=O. The van der Waals surface area contributed by atoms with Gasteiger partial charge in [-0.05, 0) is 30.7 Å². The number of nitrogens with one attached hydrogen (secondary N) is 1. The first kappa shape index (κ1) is 23.6. The van der Waals surface area contributed by atoms with Crippen LogP contribution in [-0.2, 0) is 27.3 Å². The first-order chi connectivity index (χ1) is 15.8. The van der Waals surface area contributed by atoms with Gasteiger partial charge in [-0.3, -0.25) is 14.4 Å². The summed E-state index contributed by atoms with van der Waals surface area (Å²) in [6.45, 7) is 1.76. The maximum atomic E-state index is 13.5. The van der Waals surface area contributed by atoms with Crippen LogP contribution in [0.3, 0.4) is 0 Å². The van der Waals surface area contributed by atoms with Crippen LogP contribution in [0.25, 0.3) is 0 Å². The zero-order valence-corrected chi connectivity index (χ0v) is 18.4. The highest BCUT2D eigenvalue weighted by Gasteiger charge is 2.27. The van der Waals surface area contributed by atoms with E-state index in [-0.39, 0.29) is 24.3 Å². The third kappa shape index (κ3) is 5.79. The molecule has 1 aromatic carbocycles. The number of aromatic amines is 1. The highest BCUT2D eigenvalue weighted by atomic mass is 16.5. The molecule has 0 spiro atoms. The quantitative estimate of drug-likeness (QED) is 0.392. The molecule has 0 radical (unpaired) electrons. The van der Waals surface area contributed by atoms with Crippen molar-refractivity contribution in [1.29, 1.82) is 0 Å². The van der Waals surface area contributed by atoms with E-state index in [0.717, 1.165) is 5.69 Å². The van der Waals surface area contributed by atoms with Crippen LogP contribution in [0.15, 0.2) is 47.7 Å². The van der Waals surface area contributed by atoms with Crippen LogP contribution in [0.4, 0.5) is 0 Å². The van der Waals surface area contributed by atoms with Crippen molar-refractivity contribution in [1.82, 2.24) is 14.5 Å². The number of carbonyl (C=O) groups is 2. The fourth-order valence-electron chi connectivity index (χ4n) is 3.64. The molecule has 0 aliphatic rings. The van der Waals surface area contributed by atoms with Crippen molar-refractivity contribution in [2.45, 2.75) is 32.2 Å². The van der Waals surface area contributed by atoms with Crippen molar-refractivity contribution in [2.75, 3.05) is 13.7 Å². The summed E-state index contributed by atoms with van der Waals surface area (Å²) in [6.07, 6.45) is 3.59. The van der Waals surface area contributed by atoms with Crippen LogP contribution in [0.2, 0.25) is 0 Å². The average Bonchev–Trinajstić information content (AvgIpc) is 3.30. The molecule has 10 nitrogen and oxygen atoms in total. The summed E-state index contributed by atoms with van der Waals surface area (Å²) in [5.74, 6) is -1.87. The summed E-state index contributed by atoms with van der Waals surface area (Å²) in [4.78, 5) is 43.7. The second kappa shape index (κ2) is 10.5. The molecule has 4 N–H and O–H groups in total. The molecular weight excluding hydrogens is 428 g/mol. The molecule has 174 valence electrons. The molecule has 10 heteroatoms. The number of benzene rings is 1. The topological polar surface area (TPSA) is 150 Å². The Morgan fingerprint density at radius 2 is 2.09 bits per heavy atom. The van der Waals surface area contributed by atoms with Crippen LogP contribution < -0.4 is 16.0 Å². The van der Waals surface area contributed by atoms with Gasteiger partial charge in [0.15, 0.2) is 6.61 Å².